The van der Waals surface area contributed by atoms with Gasteiger partial charge in [-0.25, -0.2) is 0 Å². The predicted octanol–water partition coefficient (Wildman–Crippen LogP) is 0.834. The highest BCUT2D eigenvalue weighted by Crippen LogP contribution is 2.08. The number of aliphatic carboxylic acids is 1. The van der Waals surface area contributed by atoms with Gasteiger partial charge in [0, 0.05) is 0 Å². The van der Waals surface area contributed by atoms with Crippen molar-refractivity contribution in [3.8, 4) is 0 Å². The molecule has 10 heavy (non-hydrogen) atoms. The van der Waals surface area contributed by atoms with Crippen LogP contribution in [0.2, 0.25) is 0 Å². The molecule has 0 aliphatic carbocycles. The van der Waals surface area contributed by atoms with Crippen LogP contribution in [0.1, 0.15) is 26.7 Å². The summed E-state index contributed by atoms with van der Waals surface area (Å²) < 4.78 is 0. The number of hydrogen-bond acceptors (Lipinski definition) is 2. The fourth-order valence-electron chi connectivity index (χ4n) is 0.878. The van der Waals surface area contributed by atoms with Crippen molar-refractivity contribution in [1.29, 1.82) is 0 Å². The first-order chi connectivity index (χ1) is 4.59. The van der Waals surface area contributed by atoms with E-state index in [4.69, 9.17) is 10.8 Å². The summed E-state index contributed by atoms with van der Waals surface area (Å²) in [6.45, 7) is 3.88. The molecule has 3 heteroatoms. The highest BCUT2D eigenvalue weighted by molar-refractivity contribution is 5.73. The van der Waals surface area contributed by atoms with Gasteiger partial charge in [0.15, 0.2) is 0 Å². The van der Waals surface area contributed by atoms with Gasteiger partial charge in [-0.15, -0.1) is 0 Å². The third kappa shape index (κ3) is 2.82. The largest absolute Gasteiger partial charge is 0.480 e. The minimum Gasteiger partial charge on any atom is -0.480 e. The number of carboxylic acids is 1. The van der Waals surface area contributed by atoms with Gasteiger partial charge in [-0.05, 0) is 12.3 Å². The number of carbonyl (C=O) groups is 1. The molecule has 2 atom stereocenters. The SMILES string of the molecule is CCC[C@H](C)C(N)C(=O)O. The van der Waals surface area contributed by atoms with Crippen LogP contribution in [0.25, 0.3) is 0 Å². The van der Waals surface area contributed by atoms with E-state index in [-0.39, 0.29) is 5.92 Å². The van der Waals surface area contributed by atoms with Crippen molar-refractivity contribution >= 4 is 5.97 Å². The van der Waals surface area contributed by atoms with Crippen LogP contribution in [0.3, 0.4) is 0 Å². The monoisotopic (exact) mass is 145 g/mol. The summed E-state index contributed by atoms with van der Waals surface area (Å²) in [6.07, 6.45) is 1.87. The van der Waals surface area contributed by atoms with Crippen LogP contribution >= 0.6 is 0 Å². The van der Waals surface area contributed by atoms with E-state index in [1.165, 1.54) is 0 Å². The first-order valence-corrected chi connectivity index (χ1v) is 3.58. The van der Waals surface area contributed by atoms with Crippen molar-refractivity contribution in [2.75, 3.05) is 0 Å². The van der Waals surface area contributed by atoms with E-state index in [1.807, 2.05) is 13.8 Å². The van der Waals surface area contributed by atoms with Gasteiger partial charge >= 0.3 is 5.97 Å². The summed E-state index contributed by atoms with van der Waals surface area (Å²) in [5.41, 5.74) is 5.35. The summed E-state index contributed by atoms with van der Waals surface area (Å²) in [4.78, 5) is 10.3. The Balaban J connectivity index is 3.69. The maximum absolute atomic E-state index is 10.3. The van der Waals surface area contributed by atoms with E-state index < -0.39 is 12.0 Å². The third-order valence-corrected chi connectivity index (χ3v) is 1.64. The Bertz CT molecular complexity index is 114. The van der Waals surface area contributed by atoms with Crippen LogP contribution in [0.5, 0.6) is 0 Å². The molecule has 0 radical (unpaired) electrons. The number of carboxylic acid groups (broad SMARTS) is 1. The molecule has 0 rings (SSSR count). The van der Waals surface area contributed by atoms with Crippen LogP contribution in [-0.2, 0) is 4.79 Å². The van der Waals surface area contributed by atoms with E-state index in [0.29, 0.717) is 0 Å². The normalized spacial score (nSPS) is 16.3. The van der Waals surface area contributed by atoms with Crippen molar-refractivity contribution in [3.63, 3.8) is 0 Å². The molecule has 3 N–H and O–H groups in total. The van der Waals surface area contributed by atoms with Crippen LogP contribution in [0.15, 0.2) is 0 Å². The highest BCUT2D eigenvalue weighted by atomic mass is 16.4. The van der Waals surface area contributed by atoms with Crippen LogP contribution < -0.4 is 5.73 Å². The summed E-state index contributed by atoms with van der Waals surface area (Å²) in [5.74, 6) is -0.816. The fraction of sp³-hybridized carbons (Fsp3) is 0.857. The lowest BCUT2D eigenvalue weighted by atomic mass is 9.98. The smallest absolute Gasteiger partial charge is 0.320 e. The Morgan fingerprint density at radius 2 is 2.20 bits per heavy atom. The predicted molar refractivity (Wildman–Crippen MR) is 39.7 cm³/mol. The van der Waals surface area contributed by atoms with Crippen molar-refractivity contribution in [1.82, 2.24) is 0 Å². The second kappa shape index (κ2) is 4.28. The fourth-order valence-corrected chi connectivity index (χ4v) is 0.878. The Labute approximate surface area is 61.2 Å². The second-order valence-electron chi connectivity index (χ2n) is 2.63. The maximum atomic E-state index is 10.3. The first kappa shape index (κ1) is 9.43. The molecule has 0 aromatic carbocycles. The molecule has 60 valence electrons. The Kier molecular flexibility index (Phi) is 4.03. The van der Waals surface area contributed by atoms with Gasteiger partial charge in [0.1, 0.15) is 6.04 Å². The molecule has 0 heterocycles. The van der Waals surface area contributed by atoms with E-state index in [2.05, 4.69) is 0 Å². The molecule has 0 fully saturated rings. The summed E-state index contributed by atoms with van der Waals surface area (Å²) >= 11 is 0. The zero-order valence-corrected chi connectivity index (χ0v) is 6.50. The minimum atomic E-state index is -0.902. The number of nitrogens with two attached hydrogens (primary N) is 1. The quantitative estimate of drug-likeness (QED) is 0.616. The maximum Gasteiger partial charge on any atom is 0.320 e. The molecule has 0 saturated heterocycles. The summed E-state index contributed by atoms with van der Waals surface area (Å²) in [5, 5.41) is 8.45. The Morgan fingerprint density at radius 3 is 2.50 bits per heavy atom. The molecule has 0 aromatic rings. The van der Waals surface area contributed by atoms with Crippen molar-refractivity contribution in [2.45, 2.75) is 32.7 Å². The van der Waals surface area contributed by atoms with Crippen LogP contribution in [0.4, 0.5) is 0 Å². The Morgan fingerprint density at radius 1 is 1.70 bits per heavy atom. The topological polar surface area (TPSA) is 63.3 Å². The molecule has 0 aromatic heterocycles. The van der Waals surface area contributed by atoms with Crippen molar-refractivity contribution in [2.24, 2.45) is 11.7 Å². The molecule has 0 aliphatic rings. The lowest BCUT2D eigenvalue weighted by Gasteiger charge is -2.13. The van der Waals surface area contributed by atoms with Crippen LogP contribution in [0, 0.1) is 5.92 Å². The molecule has 1 unspecified atom stereocenters. The zero-order chi connectivity index (χ0) is 8.15. The molecule has 0 saturated carbocycles. The summed E-state index contributed by atoms with van der Waals surface area (Å²) in [6, 6.07) is -0.694. The molecule has 0 spiro atoms. The van der Waals surface area contributed by atoms with E-state index >= 15 is 0 Å². The van der Waals surface area contributed by atoms with Gasteiger partial charge in [0.05, 0.1) is 0 Å². The average Bonchev–Trinajstić information content (AvgIpc) is 1.87. The minimum absolute atomic E-state index is 0.0856. The van der Waals surface area contributed by atoms with Gasteiger partial charge < -0.3 is 10.8 Å². The lowest BCUT2D eigenvalue weighted by molar-refractivity contribution is -0.139. The third-order valence-electron chi connectivity index (χ3n) is 1.64. The standard InChI is InChI=1S/C7H15NO2/c1-3-4-5(2)6(8)7(9)10/h5-6H,3-4,8H2,1-2H3,(H,9,10)/t5-,6?/m0/s1. The summed E-state index contributed by atoms with van der Waals surface area (Å²) in [7, 11) is 0. The molecule has 0 bridgehead atoms. The zero-order valence-electron chi connectivity index (χ0n) is 6.50. The van der Waals surface area contributed by atoms with E-state index in [1.54, 1.807) is 0 Å². The second-order valence-corrected chi connectivity index (χ2v) is 2.63. The number of hydrogen-bond donors (Lipinski definition) is 2. The van der Waals surface area contributed by atoms with Gasteiger partial charge in [-0.3, -0.25) is 4.79 Å². The van der Waals surface area contributed by atoms with E-state index in [0.717, 1.165) is 12.8 Å². The molecule has 0 amide bonds. The van der Waals surface area contributed by atoms with Crippen LogP contribution in [-0.4, -0.2) is 17.1 Å². The molecule has 0 aliphatic heterocycles. The molecular formula is C7H15NO2. The van der Waals surface area contributed by atoms with Gasteiger partial charge in [-0.2, -0.15) is 0 Å². The van der Waals surface area contributed by atoms with Crippen molar-refractivity contribution in [3.05, 3.63) is 0 Å². The van der Waals surface area contributed by atoms with E-state index in [9.17, 15) is 4.79 Å². The van der Waals surface area contributed by atoms with Gasteiger partial charge in [0.2, 0.25) is 0 Å². The number of rotatable bonds is 4. The average molecular weight is 145 g/mol. The van der Waals surface area contributed by atoms with Gasteiger partial charge in [-0.1, -0.05) is 20.3 Å². The molecular weight excluding hydrogens is 130 g/mol. The van der Waals surface area contributed by atoms with Crippen molar-refractivity contribution < 1.29 is 9.90 Å². The molecule has 3 nitrogen and oxygen atoms in total. The van der Waals surface area contributed by atoms with Gasteiger partial charge in [0.25, 0.3) is 0 Å². The lowest BCUT2D eigenvalue weighted by Crippen LogP contribution is -2.36. The highest BCUT2D eigenvalue weighted by Gasteiger charge is 2.18. The Hall–Kier alpha value is -0.570. The first-order valence-electron chi connectivity index (χ1n) is 3.58.